The van der Waals surface area contributed by atoms with Crippen molar-refractivity contribution in [2.24, 2.45) is 4.99 Å². The van der Waals surface area contributed by atoms with E-state index in [4.69, 9.17) is 4.74 Å². The molecule has 1 heterocycles. The SMILES string of the molecule is C[C@H]1N=C(c2ccccc2)OC1=O. The number of carbonyl (C=O) groups is 1. The van der Waals surface area contributed by atoms with Crippen molar-refractivity contribution in [2.75, 3.05) is 0 Å². The highest BCUT2D eigenvalue weighted by Crippen LogP contribution is 2.12. The van der Waals surface area contributed by atoms with Crippen molar-refractivity contribution in [2.45, 2.75) is 13.0 Å². The van der Waals surface area contributed by atoms with Gasteiger partial charge in [0.2, 0.25) is 5.90 Å². The molecule has 3 heteroatoms. The molecule has 1 aliphatic rings. The number of benzene rings is 1. The third-order valence-corrected chi connectivity index (χ3v) is 1.87. The summed E-state index contributed by atoms with van der Waals surface area (Å²) in [5, 5.41) is 0. The Hall–Kier alpha value is -1.64. The summed E-state index contributed by atoms with van der Waals surface area (Å²) in [5.41, 5.74) is 0.847. The predicted octanol–water partition coefficient (Wildman–Crippen LogP) is 1.38. The van der Waals surface area contributed by atoms with Gasteiger partial charge in [0.15, 0.2) is 0 Å². The Morgan fingerprint density at radius 2 is 2.00 bits per heavy atom. The molecule has 1 aliphatic heterocycles. The lowest BCUT2D eigenvalue weighted by Crippen LogP contribution is -2.10. The summed E-state index contributed by atoms with van der Waals surface area (Å²) in [7, 11) is 0. The van der Waals surface area contributed by atoms with E-state index in [1.54, 1.807) is 6.92 Å². The molecular weight excluding hydrogens is 166 g/mol. The summed E-state index contributed by atoms with van der Waals surface area (Å²) in [6, 6.07) is 9.04. The number of cyclic esters (lactones) is 1. The Morgan fingerprint density at radius 1 is 1.31 bits per heavy atom. The van der Waals surface area contributed by atoms with Crippen LogP contribution in [0.5, 0.6) is 0 Å². The monoisotopic (exact) mass is 175 g/mol. The largest absolute Gasteiger partial charge is 0.406 e. The predicted molar refractivity (Wildman–Crippen MR) is 48.5 cm³/mol. The molecule has 13 heavy (non-hydrogen) atoms. The molecule has 2 rings (SSSR count). The molecule has 3 nitrogen and oxygen atoms in total. The van der Waals surface area contributed by atoms with Gasteiger partial charge in [0.05, 0.1) is 0 Å². The zero-order valence-electron chi connectivity index (χ0n) is 7.23. The summed E-state index contributed by atoms with van der Waals surface area (Å²) < 4.78 is 4.97. The highest BCUT2D eigenvalue weighted by molar-refractivity contribution is 6.05. The van der Waals surface area contributed by atoms with E-state index in [0.717, 1.165) is 5.56 Å². The number of ether oxygens (including phenoxy) is 1. The molecule has 0 aliphatic carbocycles. The van der Waals surface area contributed by atoms with Crippen LogP contribution in [0.25, 0.3) is 0 Å². The van der Waals surface area contributed by atoms with E-state index < -0.39 is 0 Å². The summed E-state index contributed by atoms with van der Waals surface area (Å²) >= 11 is 0. The fraction of sp³-hybridized carbons (Fsp3) is 0.200. The number of rotatable bonds is 1. The van der Waals surface area contributed by atoms with Gasteiger partial charge in [-0.2, -0.15) is 0 Å². The standard InChI is InChI=1S/C10H9NO2/c1-7-10(12)13-9(11-7)8-5-3-2-4-6-8/h2-7H,1H3/t7-/m1/s1. The zero-order chi connectivity index (χ0) is 9.26. The summed E-state index contributed by atoms with van der Waals surface area (Å²) in [6.45, 7) is 1.72. The molecule has 0 spiro atoms. The number of aliphatic imine (C=N–C) groups is 1. The van der Waals surface area contributed by atoms with Gasteiger partial charge in [-0.1, -0.05) is 18.2 Å². The quantitative estimate of drug-likeness (QED) is 0.605. The molecule has 1 aromatic rings. The smallest absolute Gasteiger partial charge is 0.337 e. The minimum atomic E-state index is -0.366. The second-order valence-corrected chi connectivity index (χ2v) is 2.90. The molecule has 0 bridgehead atoms. The first-order valence-electron chi connectivity index (χ1n) is 4.12. The lowest BCUT2D eigenvalue weighted by Gasteiger charge is -1.97. The summed E-state index contributed by atoms with van der Waals surface area (Å²) in [6.07, 6.45) is 0. The number of nitrogens with zero attached hydrogens (tertiary/aromatic N) is 1. The maximum absolute atomic E-state index is 11.0. The van der Waals surface area contributed by atoms with Gasteiger partial charge >= 0.3 is 5.97 Å². The fourth-order valence-electron chi connectivity index (χ4n) is 1.15. The molecular formula is C10H9NO2. The number of hydrogen-bond acceptors (Lipinski definition) is 3. The molecule has 0 fully saturated rings. The van der Waals surface area contributed by atoms with Crippen molar-refractivity contribution in [1.29, 1.82) is 0 Å². The van der Waals surface area contributed by atoms with E-state index in [9.17, 15) is 4.79 Å². The third-order valence-electron chi connectivity index (χ3n) is 1.87. The molecule has 1 atom stereocenters. The normalized spacial score (nSPS) is 21.2. The minimum absolute atomic E-state index is 0.279. The average molecular weight is 175 g/mol. The molecule has 0 aromatic heterocycles. The highest BCUT2D eigenvalue weighted by Gasteiger charge is 2.25. The van der Waals surface area contributed by atoms with Crippen LogP contribution in [0.2, 0.25) is 0 Å². The van der Waals surface area contributed by atoms with E-state index in [-0.39, 0.29) is 12.0 Å². The Balaban J connectivity index is 2.30. The van der Waals surface area contributed by atoms with Gasteiger partial charge in [-0.15, -0.1) is 0 Å². The van der Waals surface area contributed by atoms with Gasteiger partial charge < -0.3 is 4.74 Å². The van der Waals surface area contributed by atoms with Crippen LogP contribution in [-0.4, -0.2) is 17.9 Å². The molecule has 0 N–H and O–H groups in total. The average Bonchev–Trinajstić information content (AvgIpc) is 2.49. The molecule has 0 amide bonds. The Bertz CT molecular complexity index is 356. The van der Waals surface area contributed by atoms with Crippen LogP contribution < -0.4 is 0 Å². The van der Waals surface area contributed by atoms with E-state index in [1.807, 2.05) is 30.3 Å². The van der Waals surface area contributed by atoms with Gasteiger partial charge in [-0.25, -0.2) is 9.79 Å². The summed E-state index contributed by atoms with van der Waals surface area (Å²) in [5.74, 6) is 0.150. The van der Waals surface area contributed by atoms with Crippen molar-refractivity contribution >= 4 is 11.9 Å². The van der Waals surface area contributed by atoms with E-state index in [0.29, 0.717) is 5.90 Å². The Morgan fingerprint density at radius 3 is 2.54 bits per heavy atom. The van der Waals surface area contributed by atoms with Crippen LogP contribution in [0.3, 0.4) is 0 Å². The zero-order valence-corrected chi connectivity index (χ0v) is 7.23. The van der Waals surface area contributed by atoms with Crippen molar-refractivity contribution in [3.8, 4) is 0 Å². The van der Waals surface area contributed by atoms with Crippen molar-refractivity contribution in [1.82, 2.24) is 0 Å². The Kier molecular flexibility index (Phi) is 1.85. The van der Waals surface area contributed by atoms with Crippen LogP contribution in [0, 0.1) is 0 Å². The van der Waals surface area contributed by atoms with Gasteiger partial charge in [0, 0.05) is 5.56 Å². The van der Waals surface area contributed by atoms with Crippen LogP contribution in [0.1, 0.15) is 12.5 Å². The number of esters is 1. The number of hydrogen-bond donors (Lipinski definition) is 0. The number of carbonyl (C=O) groups excluding carboxylic acids is 1. The van der Waals surface area contributed by atoms with Crippen LogP contribution >= 0.6 is 0 Å². The highest BCUT2D eigenvalue weighted by atomic mass is 16.6. The van der Waals surface area contributed by atoms with Gasteiger partial charge in [-0.05, 0) is 19.1 Å². The van der Waals surface area contributed by atoms with E-state index >= 15 is 0 Å². The van der Waals surface area contributed by atoms with Gasteiger partial charge in [-0.3, -0.25) is 0 Å². The van der Waals surface area contributed by atoms with Crippen molar-refractivity contribution in [3.63, 3.8) is 0 Å². The first-order valence-corrected chi connectivity index (χ1v) is 4.12. The van der Waals surface area contributed by atoms with Crippen LogP contribution in [0.4, 0.5) is 0 Å². The van der Waals surface area contributed by atoms with Gasteiger partial charge in [0.1, 0.15) is 6.04 Å². The van der Waals surface area contributed by atoms with E-state index in [1.165, 1.54) is 0 Å². The van der Waals surface area contributed by atoms with Crippen LogP contribution in [-0.2, 0) is 9.53 Å². The van der Waals surface area contributed by atoms with Crippen molar-refractivity contribution < 1.29 is 9.53 Å². The second-order valence-electron chi connectivity index (χ2n) is 2.90. The minimum Gasteiger partial charge on any atom is -0.406 e. The topological polar surface area (TPSA) is 38.7 Å². The third kappa shape index (κ3) is 1.45. The summed E-state index contributed by atoms with van der Waals surface area (Å²) in [4.78, 5) is 15.1. The van der Waals surface area contributed by atoms with Crippen molar-refractivity contribution in [3.05, 3.63) is 35.9 Å². The lowest BCUT2D eigenvalue weighted by molar-refractivity contribution is -0.134. The second kappa shape index (κ2) is 3.01. The molecule has 0 saturated heterocycles. The Labute approximate surface area is 76.1 Å². The first kappa shape index (κ1) is 7.98. The molecule has 66 valence electrons. The first-order chi connectivity index (χ1) is 6.27. The molecule has 0 unspecified atom stereocenters. The molecule has 0 radical (unpaired) electrons. The van der Waals surface area contributed by atoms with Gasteiger partial charge in [0.25, 0.3) is 0 Å². The molecule has 1 aromatic carbocycles. The lowest BCUT2D eigenvalue weighted by atomic mass is 10.2. The van der Waals surface area contributed by atoms with E-state index in [2.05, 4.69) is 4.99 Å². The maximum Gasteiger partial charge on any atom is 0.337 e. The fourth-order valence-corrected chi connectivity index (χ4v) is 1.15. The van der Waals surface area contributed by atoms with Crippen LogP contribution in [0.15, 0.2) is 35.3 Å². The molecule has 0 saturated carbocycles. The maximum atomic E-state index is 11.0.